The van der Waals surface area contributed by atoms with Crippen LogP contribution >= 0.6 is 0 Å². The number of carbonyl (C=O) groups is 1. The Hall–Kier alpha value is -0.420. The first kappa shape index (κ1) is 12.6. The Bertz CT molecular complexity index is 321. The number of sulfone groups is 1. The number of ketones is 1. The van der Waals surface area contributed by atoms with Gasteiger partial charge in [0, 0.05) is 18.4 Å². The van der Waals surface area contributed by atoms with Crippen LogP contribution in [0.1, 0.15) is 26.2 Å². The molecular weight excluding hydrogens is 214 g/mol. The van der Waals surface area contributed by atoms with Crippen molar-refractivity contribution >= 4 is 15.6 Å². The lowest BCUT2D eigenvalue weighted by molar-refractivity contribution is -0.128. The van der Waals surface area contributed by atoms with Crippen molar-refractivity contribution in [1.82, 2.24) is 5.32 Å². The standard InChI is InChI=1S/C10H19NO3S/c1-3-9(12)10(8-11-2)4-6-15(13,14)7-5-10/h11H,3-8H2,1-2H3. The van der Waals surface area contributed by atoms with Crippen LogP contribution in [0.2, 0.25) is 0 Å². The first-order valence-electron chi connectivity index (χ1n) is 5.34. The number of Topliss-reactive ketones (excluding diaryl/α,β-unsaturated/α-hetero) is 1. The van der Waals surface area contributed by atoms with E-state index in [0.29, 0.717) is 25.8 Å². The largest absolute Gasteiger partial charge is 0.319 e. The summed E-state index contributed by atoms with van der Waals surface area (Å²) in [5.41, 5.74) is -0.436. The molecule has 1 aliphatic heterocycles. The lowest BCUT2D eigenvalue weighted by Gasteiger charge is -2.35. The fourth-order valence-electron chi connectivity index (χ4n) is 2.20. The van der Waals surface area contributed by atoms with E-state index in [1.54, 1.807) is 7.05 Å². The number of nitrogens with one attached hydrogen (secondary N) is 1. The molecule has 0 aromatic carbocycles. The van der Waals surface area contributed by atoms with Crippen LogP contribution in [0.5, 0.6) is 0 Å². The minimum absolute atomic E-state index is 0.153. The zero-order valence-electron chi connectivity index (χ0n) is 9.38. The zero-order valence-corrected chi connectivity index (χ0v) is 10.2. The van der Waals surface area contributed by atoms with Crippen LogP contribution in [0.3, 0.4) is 0 Å². The Morgan fingerprint density at radius 3 is 2.27 bits per heavy atom. The second-order valence-electron chi connectivity index (χ2n) is 4.24. The monoisotopic (exact) mass is 233 g/mol. The predicted molar refractivity (Wildman–Crippen MR) is 59.5 cm³/mol. The van der Waals surface area contributed by atoms with Crippen molar-refractivity contribution in [2.45, 2.75) is 26.2 Å². The fraction of sp³-hybridized carbons (Fsp3) is 0.900. The van der Waals surface area contributed by atoms with Gasteiger partial charge in [0.25, 0.3) is 0 Å². The topological polar surface area (TPSA) is 63.2 Å². The van der Waals surface area contributed by atoms with Crippen LogP contribution in [-0.2, 0) is 14.6 Å². The normalized spacial score (nSPS) is 23.6. The van der Waals surface area contributed by atoms with E-state index in [2.05, 4.69) is 5.32 Å². The minimum atomic E-state index is -2.89. The van der Waals surface area contributed by atoms with Crippen molar-refractivity contribution in [3.05, 3.63) is 0 Å². The predicted octanol–water partition coefficient (Wildman–Crippen LogP) is 0.380. The summed E-state index contributed by atoms with van der Waals surface area (Å²) in [4.78, 5) is 11.9. The molecule has 1 N–H and O–H groups in total. The third-order valence-electron chi connectivity index (χ3n) is 3.21. The molecule has 0 aromatic rings. The van der Waals surface area contributed by atoms with Gasteiger partial charge in [-0.25, -0.2) is 8.42 Å². The van der Waals surface area contributed by atoms with Gasteiger partial charge < -0.3 is 5.32 Å². The SMILES string of the molecule is CCC(=O)C1(CNC)CCS(=O)(=O)CC1. The second kappa shape index (κ2) is 4.61. The van der Waals surface area contributed by atoms with Crippen molar-refractivity contribution < 1.29 is 13.2 Å². The number of hydrogen-bond acceptors (Lipinski definition) is 4. The Balaban J connectivity index is 2.82. The Kier molecular flexibility index (Phi) is 3.89. The molecule has 0 aliphatic carbocycles. The average Bonchev–Trinajstić information content (AvgIpc) is 2.21. The van der Waals surface area contributed by atoms with Crippen LogP contribution in [0.25, 0.3) is 0 Å². The maximum atomic E-state index is 11.9. The lowest BCUT2D eigenvalue weighted by atomic mass is 9.77. The summed E-state index contributed by atoms with van der Waals surface area (Å²) in [5.74, 6) is 0.493. The molecule has 0 unspecified atom stereocenters. The second-order valence-corrected chi connectivity index (χ2v) is 6.54. The maximum absolute atomic E-state index is 11.9. The molecular formula is C10H19NO3S. The van der Waals surface area contributed by atoms with Crippen molar-refractivity contribution in [2.75, 3.05) is 25.1 Å². The van der Waals surface area contributed by atoms with Gasteiger partial charge in [0.15, 0.2) is 0 Å². The summed E-state index contributed by atoms with van der Waals surface area (Å²) >= 11 is 0. The van der Waals surface area contributed by atoms with Gasteiger partial charge in [-0.2, -0.15) is 0 Å². The van der Waals surface area contributed by atoms with Crippen LogP contribution in [0.4, 0.5) is 0 Å². The zero-order chi connectivity index (χ0) is 11.5. The van der Waals surface area contributed by atoms with Crippen molar-refractivity contribution in [2.24, 2.45) is 5.41 Å². The van der Waals surface area contributed by atoms with E-state index in [-0.39, 0.29) is 17.3 Å². The van der Waals surface area contributed by atoms with E-state index < -0.39 is 15.3 Å². The van der Waals surface area contributed by atoms with Crippen molar-refractivity contribution in [3.8, 4) is 0 Å². The summed E-state index contributed by atoms with van der Waals surface area (Å²) < 4.78 is 22.6. The molecule has 1 heterocycles. The smallest absolute Gasteiger partial charge is 0.150 e. The van der Waals surface area contributed by atoms with Gasteiger partial charge in [-0.1, -0.05) is 6.92 Å². The molecule has 1 fully saturated rings. The first-order chi connectivity index (χ1) is 6.96. The summed E-state index contributed by atoms with van der Waals surface area (Å²) in [6, 6.07) is 0. The van der Waals surface area contributed by atoms with Gasteiger partial charge in [-0.3, -0.25) is 4.79 Å². The molecule has 0 atom stereocenters. The number of rotatable bonds is 4. The van der Waals surface area contributed by atoms with E-state index in [0.717, 1.165) is 0 Å². The molecule has 1 saturated heterocycles. The maximum Gasteiger partial charge on any atom is 0.150 e. The summed E-state index contributed by atoms with van der Waals surface area (Å²) in [6.45, 7) is 2.43. The number of carbonyl (C=O) groups excluding carboxylic acids is 1. The van der Waals surface area contributed by atoms with Crippen LogP contribution < -0.4 is 5.32 Å². The highest BCUT2D eigenvalue weighted by Crippen LogP contribution is 2.33. The van der Waals surface area contributed by atoms with Gasteiger partial charge in [0.05, 0.1) is 11.5 Å². The van der Waals surface area contributed by atoms with Crippen LogP contribution in [0, 0.1) is 5.41 Å². The Labute approximate surface area is 91.4 Å². The summed E-state index contributed by atoms with van der Waals surface area (Å²) in [6.07, 6.45) is 1.44. The van der Waals surface area contributed by atoms with E-state index in [1.807, 2.05) is 6.92 Å². The Morgan fingerprint density at radius 1 is 1.33 bits per heavy atom. The molecule has 15 heavy (non-hydrogen) atoms. The van der Waals surface area contributed by atoms with Gasteiger partial charge in [0.2, 0.25) is 0 Å². The molecule has 0 saturated carbocycles. The highest BCUT2D eigenvalue weighted by Gasteiger charge is 2.41. The van der Waals surface area contributed by atoms with E-state index in [9.17, 15) is 13.2 Å². The molecule has 1 rings (SSSR count). The molecule has 4 nitrogen and oxygen atoms in total. The molecule has 0 radical (unpaired) electrons. The first-order valence-corrected chi connectivity index (χ1v) is 7.16. The van der Waals surface area contributed by atoms with Gasteiger partial charge >= 0.3 is 0 Å². The molecule has 0 spiro atoms. The van der Waals surface area contributed by atoms with Gasteiger partial charge in [-0.15, -0.1) is 0 Å². The van der Waals surface area contributed by atoms with Gasteiger partial charge in [0.1, 0.15) is 15.6 Å². The molecule has 0 bridgehead atoms. The molecule has 88 valence electrons. The highest BCUT2D eigenvalue weighted by atomic mass is 32.2. The third kappa shape index (κ3) is 2.78. The Morgan fingerprint density at radius 2 is 1.87 bits per heavy atom. The summed E-state index contributed by atoms with van der Waals surface area (Å²) in [5, 5.41) is 3.01. The molecule has 5 heteroatoms. The van der Waals surface area contributed by atoms with Crippen LogP contribution in [0.15, 0.2) is 0 Å². The molecule has 0 aromatic heterocycles. The average molecular weight is 233 g/mol. The van der Waals surface area contributed by atoms with Gasteiger partial charge in [-0.05, 0) is 19.9 Å². The fourth-order valence-corrected chi connectivity index (χ4v) is 3.80. The minimum Gasteiger partial charge on any atom is -0.319 e. The van der Waals surface area contributed by atoms with Crippen LogP contribution in [-0.4, -0.2) is 39.3 Å². The lowest BCUT2D eigenvalue weighted by Crippen LogP contribution is -2.45. The van der Waals surface area contributed by atoms with E-state index >= 15 is 0 Å². The quantitative estimate of drug-likeness (QED) is 0.762. The van der Waals surface area contributed by atoms with Crippen molar-refractivity contribution in [3.63, 3.8) is 0 Å². The van der Waals surface area contributed by atoms with Crippen molar-refractivity contribution in [1.29, 1.82) is 0 Å². The number of hydrogen-bond donors (Lipinski definition) is 1. The third-order valence-corrected chi connectivity index (χ3v) is 4.86. The summed E-state index contributed by atoms with van der Waals surface area (Å²) in [7, 11) is -1.09. The molecule has 1 aliphatic rings. The molecule has 0 amide bonds. The highest BCUT2D eigenvalue weighted by molar-refractivity contribution is 7.91. The van der Waals surface area contributed by atoms with E-state index in [1.165, 1.54) is 0 Å². The van der Waals surface area contributed by atoms with E-state index in [4.69, 9.17) is 0 Å².